The van der Waals surface area contributed by atoms with E-state index in [9.17, 15) is 9.59 Å². The van der Waals surface area contributed by atoms with Crippen molar-refractivity contribution in [2.45, 2.75) is 27.7 Å². The molecular weight excluding hydrogens is 364 g/mol. The Morgan fingerprint density at radius 2 is 1.45 bits per heavy atom. The van der Waals surface area contributed by atoms with E-state index in [-0.39, 0.29) is 11.8 Å². The lowest BCUT2D eigenvalue weighted by Crippen LogP contribution is -2.40. The van der Waals surface area contributed by atoms with Crippen LogP contribution in [-0.2, 0) is 14.3 Å². The molecule has 0 radical (unpaired) electrons. The average molecular weight is 390 g/mol. The van der Waals surface area contributed by atoms with E-state index < -0.39 is 0 Å². The van der Waals surface area contributed by atoms with E-state index in [4.69, 9.17) is 4.74 Å². The van der Waals surface area contributed by atoms with Crippen molar-refractivity contribution >= 4 is 23.1 Å². The Morgan fingerprint density at radius 3 is 2.14 bits per heavy atom. The van der Waals surface area contributed by atoms with Crippen molar-refractivity contribution < 1.29 is 14.3 Å². The van der Waals surface area contributed by atoms with Gasteiger partial charge < -0.3 is 9.64 Å². The smallest absolute Gasteiger partial charge is 0.282 e. The summed E-state index contributed by atoms with van der Waals surface area (Å²) in [5.41, 5.74) is 6.51. The van der Waals surface area contributed by atoms with Crippen LogP contribution in [-0.4, -0.2) is 43.0 Å². The van der Waals surface area contributed by atoms with E-state index in [1.54, 1.807) is 0 Å². The molecule has 0 aliphatic carbocycles. The van der Waals surface area contributed by atoms with E-state index in [1.807, 2.05) is 62.9 Å². The van der Waals surface area contributed by atoms with Crippen LogP contribution in [0, 0.1) is 27.7 Å². The summed E-state index contributed by atoms with van der Waals surface area (Å²) in [5, 5.41) is 0. The second kappa shape index (κ2) is 7.48. The zero-order valence-corrected chi connectivity index (χ0v) is 17.4. The SMILES string of the molecule is Cc1ccc(C2=C(N3CCOCC3)C(=O)N(c3cc(C)ccc3C)C2=O)c(C)c1. The van der Waals surface area contributed by atoms with Crippen LogP contribution in [0.5, 0.6) is 0 Å². The Bertz CT molecular complexity index is 1030. The molecule has 2 heterocycles. The molecule has 0 spiro atoms. The van der Waals surface area contributed by atoms with Crippen LogP contribution in [0.15, 0.2) is 42.1 Å². The number of aryl methyl sites for hydroxylation is 4. The highest BCUT2D eigenvalue weighted by atomic mass is 16.5. The molecule has 2 aromatic rings. The Balaban J connectivity index is 1.89. The van der Waals surface area contributed by atoms with Gasteiger partial charge in [-0.25, -0.2) is 4.90 Å². The van der Waals surface area contributed by atoms with Gasteiger partial charge in [-0.1, -0.05) is 35.9 Å². The van der Waals surface area contributed by atoms with Gasteiger partial charge in [0.05, 0.1) is 24.5 Å². The van der Waals surface area contributed by atoms with Gasteiger partial charge in [-0.05, 0) is 56.0 Å². The summed E-state index contributed by atoms with van der Waals surface area (Å²) in [7, 11) is 0. The van der Waals surface area contributed by atoms with Crippen molar-refractivity contribution in [2.75, 3.05) is 31.2 Å². The highest BCUT2D eigenvalue weighted by molar-refractivity contribution is 6.45. The van der Waals surface area contributed by atoms with Crippen molar-refractivity contribution in [3.63, 3.8) is 0 Å². The summed E-state index contributed by atoms with van der Waals surface area (Å²) >= 11 is 0. The summed E-state index contributed by atoms with van der Waals surface area (Å²) in [5.74, 6) is -0.502. The fourth-order valence-corrected chi connectivity index (χ4v) is 4.11. The Labute approximate surface area is 171 Å². The highest BCUT2D eigenvalue weighted by Gasteiger charge is 2.43. The van der Waals surface area contributed by atoms with Gasteiger partial charge in [0.25, 0.3) is 11.8 Å². The number of benzene rings is 2. The standard InChI is InChI=1S/C24H26N2O3/c1-15-6-8-19(18(4)13-15)21-22(25-9-11-29-12-10-25)24(28)26(23(21)27)20-14-16(2)5-7-17(20)3/h5-8,13-14H,9-12H2,1-4H3. The third kappa shape index (κ3) is 3.36. The molecule has 2 aromatic carbocycles. The number of imide groups is 1. The fraction of sp³-hybridized carbons (Fsp3) is 0.333. The number of hydrogen-bond donors (Lipinski definition) is 0. The average Bonchev–Trinajstić information content (AvgIpc) is 2.95. The molecule has 1 saturated heterocycles. The molecule has 150 valence electrons. The maximum absolute atomic E-state index is 13.7. The van der Waals surface area contributed by atoms with Crippen LogP contribution >= 0.6 is 0 Å². The predicted molar refractivity (Wildman–Crippen MR) is 114 cm³/mol. The normalized spacial score (nSPS) is 17.5. The lowest BCUT2D eigenvalue weighted by atomic mass is 9.97. The number of amides is 2. The topological polar surface area (TPSA) is 49.9 Å². The molecule has 2 amide bonds. The molecule has 5 nitrogen and oxygen atoms in total. The van der Waals surface area contributed by atoms with E-state index >= 15 is 0 Å². The van der Waals surface area contributed by atoms with Gasteiger partial charge >= 0.3 is 0 Å². The fourth-order valence-electron chi connectivity index (χ4n) is 4.11. The van der Waals surface area contributed by atoms with E-state index in [0.717, 1.165) is 27.8 Å². The van der Waals surface area contributed by atoms with Crippen LogP contribution in [0.2, 0.25) is 0 Å². The van der Waals surface area contributed by atoms with E-state index in [0.29, 0.717) is 43.3 Å². The first kappa shape index (κ1) is 19.4. The highest BCUT2D eigenvalue weighted by Crippen LogP contribution is 2.37. The van der Waals surface area contributed by atoms with Gasteiger partial charge in [0.1, 0.15) is 5.70 Å². The molecule has 1 fully saturated rings. The first-order valence-electron chi connectivity index (χ1n) is 9.99. The van der Waals surface area contributed by atoms with Crippen LogP contribution in [0.1, 0.15) is 27.8 Å². The Kier molecular flexibility index (Phi) is 5.01. The number of rotatable bonds is 3. The van der Waals surface area contributed by atoms with Gasteiger partial charge in [-0.3, -0.25) is 9.59 Å². The molecule has 0 N–H and O–H groups in total. The zero-order valence-electron chi connectivity index (χ0n) is 17.4. The molecule has 0 bridgehead atoms. The molecule has 4 rings (SSSR count). The largest absolute Gasteiger partial charge is 0.378 e. The second-order valence-electron chi connectivity index (χ2n) is 7.88. The third-order valence-electron chi connectivity index (χ3n) is 5.64. The molecule has 0 saturated carbocycles. The maximum atomic E-state index is 13.7. The molecule has 2 aliphatic heterocycles. The van der Waals surface area contributed by atoms with E-state index in [1.165, 1.54) is 4.90 Å². The lowest BCUT2D eigenvalue weighted by molar-refractivity contribution is -0.121. The van der Waals surface area contributed by atoms with Gasteiger partial charge in [-0.15, -0.1) is 0 Å². The maximum Gasteiger partial charge on any atom is 0.282 e. The molecular formula is C24H26N2O3. The van der Waals surface area contributed by atoms with Crippen molar-refractivity contribution in [1.82, 2.24) is 4.90 Å². The number of anilines is 1. The first-order chi connectivity index (χ1) is 13.9. The van der Waals surface area contributed by atoms with Crippen molar-refractivity contribution in [3.8, 4) is 0 Å². The summed E-state index contributed by atoms with van der Waals surface area (Å²) in [6, 6.07) is 11.9. The number of carbonyl (C=O) groups is 2. The number of nitrogens with zero attached hydrogens (tertiary/aromatic N) is 2. The van der Waals surface area contributed by atoms with E-state index in [2.05, 4.69) is 6.07 Å². The number of morpholine rings is 1. The summed E-state index contributed by atoms with van der Waals surface area (Å²) in [4.78, 5) is 30.6. The van der Waals surface area contributed by atoms with Gasteiger partial charge in [0.15, 0.2) is 0 Å². The first-order valence-corrected chi connectivity index (χ1v) is 9.99. The van der Waals surface area contributed by atoms with Gasteiger partial charge in [-0.2, -0.15) is 0 Å². The minimum atomic E-state index is -0.253. The summed E-state index contributed by atoms with van der Waals surface area (Å²) in [6.07, 6.45) is 0. The van der Waals surface area contributed by atoms with Crippen molar-refractivity contribution in [3.05, 3.63) is 69.9 Å². The zero-order chi connectivity index (χ0) is 20.7. The number of hydrogen-bond acceptors (Lipinski definition) is 4. The summed E-state index contributed by atoms with van der Waals surface area (Å²) < 4.78 is 5.47. The van der Waals surface area contributed by atoms with Crippen LogP contribution in [0.25, 0.3) is 5.57 Å². The molecule has 29 heavy (non-hydrogen) atoms. The van der Waals surface area contributed by atoms with Crippen molar-refractivity contribution in [2.24, 2.45) is 0 Å². The molecule has 0 unspecified atom stereocenters. The number of carbonyl (C=O) groups excluding carboxylic acids is 2. The number of ether oxygens (including phenoxy) is 1. The predicted octanol–water partition coefficient (Wildman–Crippen LogP) is 3.54. The Morgan fingerprint density at radius 1 is 0.793 bits per heavy atom. The van der Waals surface area contributed by atoms with Gasteiger partial charge in [0, 0.05) is 13.1 Å². The van der Waals surface area contributed by atoms with Crippen LogP contribution in [0.4, 0.5) is 5.69 Å². The minimum Gasteiger partial charge on any atom is -0.378 e. The minimum absolute atomic E-state index is 0.249. The molecule has 0 atom stereocenters. The lowest BCUT2D eigenvalue weighted by Gasteiger charge is -2.30. The van der Waals surface area contributed by atoms with Crippen LogP contribution < -0.4 is 4.90 Å². The molecule has 0 aromatic heterocycles. The van der Waals surface area contributed by atoms with Crippen molar-refractivity contribution in [1.29, 1.82) is 0 Å². The van der Waals surface area contributed by atoms with Crippen LogP contribution in [0.3, 0.4) is 0 Å². The summed E-state index contributed by atoms with van der Waals surface area (Å²) in [6.45, 7) is 10.2. The molecule has 5 heteroatoms. The third-order valence-corrected chi connectivity index (χ3v) is 5.64. The van der Waals surface area contributed by atoms with Gasteiger partial charge in [0.2, 0.25) is 0 Å². The quantitative estimate of drug-likeness (QED) is 0.753. The second-order valence-corrected chi connectivity index (χ2v) is 7.88. The Hall–Kier alpha value is -2.92. The molecule has 2 aliphatic rings. The monoisotopic (exact) mass is 390 g/mol.